The van der Waals surface area contributed by atoms with E-state index >= 15 is 0 Å². The van der Waals surface area contributed by atoms with Gasteiger partial charge >= 0.3 is 5.97 Å². The molecule has 0 bridgehead atoms. The number of hydrogen-bond acceptors (Lipinski definition) is 4. The normalized spacial score (nSPS) is 30.5. The van der Waals surface area contributed by atoms with Crippen molar-refractivity contribution in [2.24, 2.45) is 11.8 Å². The number of esters is 1. The first-order valence-electron chi connectivity index (χ1n) is 12.5. The summed E-state index contributed by atoms with van der Waals surface area (Å²) in [6, 6.07) is 0.772. The lowest BCUT2D eigenvalue weighted by molar-refractivity contribution is -0.148. The van der Waals surface area contributed by atoms with Crippen molar-refractivity contribution < 1.29 is 14.6 Å². The Labute approximate surface area is 184 Å². The van der Waals surface area contributed by atoms with E-state index in [1.54, 1.807) is 12.2 Å². The molecule has 1 heterocycles. The van der Waals surface area contributed by atoms with E-state index in [1.807, 2.05) is 6.08 Å². The van der Waals surface area contributed by atoms with Crippen LogP contribution in [0.25, 0.3) is 0 Å². The molecule has 6 atom stereocenters. The first-order valence-corrected chi connectivity index (χ1v) is 12.5. The second-order valence-electron chi connectivity index (χ2n) is 9.43. The predicted octanol–water partition coefficient (Wildman–Crippen LogP) is 5.70. The third-order valence-electron chi connectivity index (χ3n) is 6.94. The highest BCUT2D eigenvalue weighted by Gasteiger charge is 2.41. The molecule has 1 saturated heterocycles. The summed E-state index contributed by atoms with van der Waals surface area (Å²) in [7, 11) is 0. The van der Waals surface area contributed by atoms with Gasteiger partial charge in [0.25, 0.3) is 0 Å². The van der Waals surface area contributed by atoms with E-state index in [-0.39, 0.29) is 24.2 Å². The lowest BCUT2D eigenvalue weighted by Gasteiger charge is -2.47. The van der Waals surface area contributed by atoms with Gasteiger partial charge in [-0.25, -0.2) is 4.79 Å². The van der Waals surface area contributed by atoms with Crippen LogP contribution >= 0.6 is 0 Å². The average molecular weight is 420 g/mol. The van der Waals surface area contributed by atoms with E-state index in [1.165, 1.54) is 32.1 Å². The Hall–Kier alpha value is -1.13. The number of fused-ring (bicyclic) bond motifs is 1. The first-order chi connectivity index (χ1) is 14.5. The molecule has 0 aromatic carbocycles. The van der Waals surface area contributed by atoms with E-state index in [0.29, 0.717) is 17.9 Å². The van der Waals surface area contributed by atoms with Gasteiger partial charge in [-0.3, -0.25) is 0 Å². The second-order valence-corrected chi connectivity index (χ2v) is 9.43. The number of hydrogen-bond donors (Lipinski definition) is 2. The summed E-state index contributed by atoms with van der Waals surface area (Å²) in [5.74, 6) is 1.08. The molecule has 2 aliphatic rings. The zero-order valence-corrected chi connectivity index (χ0v) is 19.5. The van der Waals surface area contributed by atoms with Gasteiger partial charge in [0.1, 0.15) is 6.10 Å². The lowest BCUT2D eigenvalue weighted by Crippen LogP contribution is -2.57. The SMILES string of the molecule is CCC/C=C/C=C/C(=O)O[C@H]1CC2C(CCC[C@H]2CCCCC(O)CCC)N[C@@H]1C. The molecule has 0 aromatic heterocycles. The highest BCUT2D eigenvalue weighted by atomic mass is 16.5. The molecular formula is C26H45NO3. The molecule has 0 amide bonds. The van der Waals surface area contributed by atoms with Crippen molar-refractivity contribution in [3.05, 3.63) is 24.3 Å². The zero-order chi connectivity index (χ0) is 21.8. The number of carbonyl (C=O) groups excluding carboxylic acids is 1. The quantitative estimate of drug-likeness (QED) is 0.184. The van der Waals surface area contributed by atoms with Crippen LogP contribution in [-0.4, -0.2) is 35.4 Å². The van der Waals surface area contributed by atoms with Crippen molar-refractivity contribution >= 4 is 5.97 Å². The maximum absolute atomic E-state index is 12.3. The summed E-state index contributed by atoms with van der Waals surface area (Å²) < 4.78 is 5.84. The van der Waals surface area contributed by atoms with E-state index < -0.39 is 0 Å². The summed E-state index contributed by atoms with van der Waals surface area (Å²) in [4.78, 5) is 12.3. The number of ether oxygens (including phenoxy) is 1. The van der Waals surface area contributed by atoms with E-state index in [0.717, 1.165) is 44.9 Å². The van der Waals surface area contributed by atoms with Crippen LogP contribution in [0.4, 0.5) is 0 Å². The van der Waals surface area contributed by atoms with Crippen LogP contribution in [0.5, 0.6) is 0 Å². The predicted molar refractivity (Wildman–Crippen MR) is 124 cm³/mol. The van der Waals surface area contributed by atoms with E-state index in [4.69, 9.17) is 4.74 Å². The Kier molecular flexibility index (Phi) is 11.8. The molecule has 0 spiro atoms. The minimum Gasteiger partial charge on any atom is -0.458 e. The summed E-state index contributed by atoms with van der Waals surface area (Å²) >= 11 is 0. The first kappa shape index (κ1) is 25.1. The Morgan fingerprint density at radius 3 is 2.77 bits per heavy atom. The van der Waals surface area contributed by atoms with Crippen LogP contribution in [-0.2, 0) is 9.53 Å². The number of aliphatic hydroxyl groups is 1. The number of allylic oxidation sites excluding steroid dienone is 3. The summed E-state index contributed by atoms with van der Waals surface area (Å²) in [5, 5.41) is 13.7. The molecule has 4 heteroatoms. The number of unbranched alkanes of at least 4 members (excludes halogenated alkanes) is 2. The second kappa shape index (κ2) is 14.0. The summed E-state index contributed by atoms with van der Waals surface area (Å²) in [5.41, 5.74) is 0. The van der Waals surface area contributed by atoms with Gasteiger partial charge in [0, 0.05) is 18.2 Å². The molecule has 0 aromatic rings. The van der Waals surface area contributed by atoms with Crippen LogP contribution in [0, 0.1) is 11.8 Å². The molecular weight excluding hydrogens is 374 g/mol. The molecule has 3 unspecified atom stereocenters. The van der Waals surface area contributed by atoms with Gasteiger partial charge in [-0.1, -0.05) is 77.0 Å². The van der Waals surface area contributed by atoms with Gasteiger partial charge in [-0.2, -0.15) is 0 Å². The van der Waals surface area contributed by atoms with Crippen molar-refractivity contribution in [3.63, 3.8) is 0 Å². The smallest absolute Gasteiger partial charge is 0.331 e. The Bertz CT molecular complexity index is 544. The van der Waals surface area contributed by atoms with Crippen LogP contribution in [0.1, 0.15) is 97.8 Å². The number of rotatable bonds is 12. The Morgan fingerprint density at radius 2 is 2.00 bits per heavy atom. The van der Waals surface area contributed by atoms with Crippen molar-refractivity contribution in [2.75, 3.05) is 0 Å². The zero-order valence-electron chi connectivity index (χ0n) is 19.5. The monoisotopic (exact) mass is 419 g/mol. The fourth-order valence-corrected chi connectivity index (χ4v) is 5.27. The Balaban J connectivity index is 1.82. The molecule has 30 heavy (non-hydrogen) atoms. The van der Waals surface area contributed by atoms with Crippen molar-refractivity contribution in [2.45, 2.75) is 122 Å². The highest BCUT2D eigenvalue weighted by Crippen LogP contribution is 2.40. The Morgan fingerprint density at radius 1 is 1.17 bits per heavy atom. The lowest BCUT2D eigenvalue weighted by atomic mass is 9.68. The standard InChI is InChI=1S/C26H45NO3/c1-4-6-7-8-9-18-26(29)30-25-19-23-21(14-10-11-16-22(28)13-5-2)15-12-17-24(23)27-20(25)3/h7-9,18,20-25,27-28H,4-6,10-17,19H2,1-3H3/b8-7+,18-9+/t20-,21-,22?,23?,24?,25+/m1/s1. The van der Waals surface area contributed by atoms with Gasteiger partial charge in [-0.15, -0.1) is 0 Å². The fourth-order valence-electron chi connectivity index (χ4n) is 5.27. The number of piperidine rings is 1. The maximum Gasteiger partial charge on any atom is 0.331 e. The topological polar surface area (TPSA) is 58.6 Å². The van der Waals surface area contributed by atoms with Gasteiger partial charge in [-0.05, 0) is 50.9 Å². The summed E-state index contributed by atoms with van der Waals surface area (Å²) in [6.45, 7) is 6.42. The van der Waals surface area contributed by atoms with E-state index in [9.17, 15) is 9.90 Å². The molecule has 2 rings (SSSR count). The molecule has 172 valence electrons. The minimum atomic E-state index is -0.231. The molecule has 4 nitrogen and oxygen atoms in total. The number of carbonyl (C=O) groups is 1. The fraction of sp³-hybridized carbons (Fsp3) is 0.808. The van der Waals surface area contributed by atoms with Crippen molar-refractivity contribution in [1.82, 2.24) is 5.32 Å². The maximum atomic E-state index is 12.3. The van der Waals surface area contributed by atoms with Crippen LogP contribution in [0.15, 0.2) is 24.3 Å². The molecule has 2 fully saturated rings. The van der Waals surface area contributed by atoms with Gasteiger partial charge in [0.05, 0.1) is 6.10 Å². The highest BCUT2D eigenvalue weighted by molar-refractivity contribution is 5.82. The van der Waals surface area contributed by atoms with Gasteiger partial charge in [0.2, 0.25) is 0 Å². The molecule has 1 aliphatic heterocycles. The average Bonchev–Trinajstić information content (AvgIpc) is 2.72. The molecule has 0 radical (unpaired) electrons. The third-order valence-corrected chi connectivity index (χ3v) is 6.94. The van der Waals surface area contributed by atoms with Gasteiger partial charge in [0.15, 0.2) is 0 Å². The van der Waals surface area contributed by atoms with Gasteiger partial charge < -0.3 is 15.2 Å². The number of aliphatic hydroxyl groups excluding tert-OH is 1. The van der Waals surface area contributed by atoms with E-state index in [2.05, 4.69) is 32.2 Å². The summed E-state index contributed by atoms with van der Waals surface area (Å²) in [6.07, 6.45) is 20.6. The molecule has 2 N–H and O–H groups in total. The number of nitrogens with one attached hydrogen (secondary N) is 1. The van der Waals surface area contributed by atoms with Crippen LogP contribution in [0.3, 0.4) is 0 Å². The van der Waals surface area contributed by atoms with Crippen molar-refractivity contribution in [1.29, 1.82) is 0 Å². The molecule has 1 saturated carbocycles. The largest absolute Gasteiger partial charge is 0.458 e. The third kappa shape index (κ3) is 8.55. The molecule has 1 aliphatic carbocycles. The van der Waals surface area contributed by atoms with Crippen molar-refractivity contribution in [3.8, 4) is 0 Å². The minimum absolute atomic E-state index is 0.0463. The van der Waals surface area contributed by atoms with Crippen LogP contribution < -0.4 is 5.32 Å². The van der Waals surface area contributed by atoms with Crippen LogP contribution in [0.2, 0.25) is 0 Å².